The lowest BCUT2D eigenvalue weighted by Gasteiger charge is -2.59. The zero-order valence-electron chi connectivity index (χ0n) is 15.4. The highest BCUT2D eigenvalue weighted by Crippen LogP contribution is 2.46. The largest absolute Gasteiger partial charge is 0.467 e. The molecule has 0 amide bonds. The second-order valence-corrected chi connectivity index (χ2v) is 7.51. The van der Waals surface area contributed by atoms with Gasteiger partial charge in [-0.2, -0.15) is 5.06 Å². The van der Waals surface area contributed by atoms with Crippen molar-refractivity contribution in [3.63, 3.8) is 0 Å². The summed E-state index contributed by atoms with van der Waals surface area (Å²) in [7, 11) is 1.37. The summed E-state index contributed by atoms with van der Waals surface area (Å²) < 4.78 is 4.87. The van der Waals surface area contributed by atoms with Gasteiger partial charge in [-0.1, -0.05) is 20.8 Å². The van der Waals surface area contributed by atoms with Gasteiger partial charge in [0.2, 0.25) is 0 Å². The quantitative estimate of drug-likeness (QED) is 0.791. The van der Waals surface area contributed by atoms with Crippen molar-refractivity contribution in [1.82, 2.24) is 5.06 Å². The van der Waals surface area contributed by atoms with Crippen molar-refractivity contribution in [2.45, 2.75) is 90.5 Å². The minimum absolute atomic E-state index is 0.0468. The van der Waals surface area contributed by atoms with Gasteiger partial charge >= 0.3 is 5.97 Å². The number of aliphatic hydroxyl groups excluding tert-OH is 1. The van der Waals surface area contributed by atoms with E-state index in [4.69, 9.17) is 9.57 Å². The van der Waals surface area contributed by atoms with Gasteiger partial charge in [-0.25, -0.2) is 4.79 Å². The summed E-state index contributed by atoms with van der Waals surface area (Å²) in [6.07, 6.45) is 1.88. The zero-order chi connectivity index (χ0) is 17.3. The molecule has 0 aliphatic carbocycles. The molecule has 0 bridgehead atoms. The van der Waals surface area contributed by atoms with E-state index in [1.807, 2.05) is 12.0 Å². The van der Waals surface area contributed by atoms with Crippen LogP contribution < -0.4 is 0 Å². The molecule has 1 N–H and O–H groups in total. The van der Waals surface area contributed by atoms with Crippen molar-refractivity contribution in [1.29, 1.82) is 0 Å². The van der Waals surface area contributed by atoms with Gasteiger partial charge in [-0.3, -0.25) is 4.84 Å². The third-order valence-corrected chi connectivity index (χ3v) is 5.64. The van der Waals surface area contributed by atoms with Crippen molar-refractivity contribution in [2.75, 3.05) is 7.11 Å². The van der Waals surface area contributed by atoms with Crippen LogP contribution in [0.2, 0.25) is 0 Å². The van der Waals surface area contributed by atoms with Crippen LogP contribution in [0.4, 0.5) is 0 Å². The molecule has 1 aliphatic heterocycles. The Labute approximate surface area is 134 Å². The fourth-order valence-corrected chi connectivity index (χ4v) is 3.41. The van der Waals surface area contributed by atoms with E-state index in [-0.39, 0.29) is 23.1 Å². The molecule has 0 aromatic rings. The lowest BCUT2D eigenvalue weighted by atomic mass is 9.69. The Balaban J connectivity index is 3.26. The average molecular weight is 315 g/mol. The number of esters is 1. The van der Waals surface area contributed by atoms with Crippen molar-refractivity contribution in [3.8, 4) is 0 Å². The maximum Gasteiger partial charge on any atom is 0.339 e. The van der Waals surface area contributed by atoms with E-state index in [2.05, 4.69) is 27.7 Å². The first kappa shape index (κ1) is 19.4. The third-order valence-electron chi connectivity index (χ3n) is 5.64. The van der Waals surface area contributed by atoms with Gasteiger partial charge in [-0.05, 0) is 47.0 Å². The molecule has 1 saturated heterocycles. The van der Waals surface area contributed by atoms with Gasteiger partial charge in [0.25, 0.3) is 0 Å². The molecule has 0 spiro atoms. The Morgan fingerprint density at radius 3 is 2.27 bits per heavy atom. The van der Waals surface area contributed by atoms with Crippen molar-refractivity contribution in [3.05, 3.63) is 0 Å². The number of carbonyl (C=O) groups excluding carboxylic acids is 1. The van der Waals surface area contributed by atoms with Crippen LogP contribution in [0.1, 0.15) is 67.7 Å². The van der Waals surface area contributed by atoms with Gasteiger partial charge in [0.05, 0.1) is 13.2 Å². The number of ether oxygens (including phenoxy) is 1. The van der Waals surface area contributed by atoms with Crippen LogP contribution in [0.5, 0.6) is 0 Å². The number of piperidine rings is 1. The summed E-state index contributed by atoms with van der Waals surface area (Å²) in [4.78, 5) is 18.2. The van der Waals surface area contributed by atoms with Gasteiger partial charge in [0.15, 0.2) is 5.60 Å². The van der Waals surface area contributed by atoms with E-state index in [9.17, 15) is 9.90 Å². The maximum atomic E-state index is 12.0. The molecule has 0 radical (unpaired) electrons. The molecular weight excluding hydrogens is 282 g/mol. The van der Waals surface area contributed by atoms with Gasteiger partial charge < -0.3 is 9.84 Å². The van der Waals surface area contributed by atoms with Gasteiger partial charge in [0, 0.05) is 17.0 Å². The van der Waals surface area contributed by atoms with Crippen molar-refractivity contribution < 1.29 is 19.5 Å². The van der Waals surface area contributed by atoms with E-state index in [1.165, 1.54) is 7.11 Å². The number of hydrogen-bond acceptors (Lipinski definition) is 5. The monoisotopic (exact) mass is 315 g/mol. The molecule has 0 aromatic carbocycles. The van der Waals surface area contributed by atoms with Crippen molar-refractivity contribution >= 4 is 5.97 Å². The number of hydrogen-bond donors (Lipinski definition) is 1. The van der Waals surface area contributed by atoms with Crippen LogP contribution in [0.25, 0.3) is 0 Å². The second kappa shape index (κ2) is 6.46. The smallest absolute Gasteiger partial charge is 0.339 e. The number of aliphatic hydroxyl groups is 1. The molecule has 130 valence electrons. The summed E-state index contributed by atoms with van der Waals surface area (Å²) in [5.74, 6) is -0.353. The number of methoxy groups -OCH3 is 1. The molecule has 1 rings (SSSR count). The van der Waals surface area contributed by atoms with Crippen LogP contribution in [0, 0.1) is 5.92 Å². The van der Waals surface area contributed by atoms with E-state index in [0.29, 0.717) is 6.42 Å². The lowest BCUT2D eigenvalue weighted by molar-refractivity contribution is -0.351. The Kier molecular flexibility index (Phi) is 5.69. The Bertz CT molecular complexity index is 411. The van der Waals surface area contributed by atoms with Crippen LogP contribution in [-0.4, -0.2) is 46.0 Å². The van der Waals surface area contributed by atoms with Crippen molar-refractivity contribution in [2.24, 2.45) is 5.92 Å². The Morgan fingerprint density at radius 1 is 1.32 bits per heavy atom. The highest BCUT2D eigenvalue weighted by Gasteiger charge is 2.55. The minimum Gasteiger partial charge on any atom is -0.467 e. The van der Waals surface area contributed by atoms with Crippen LogP contribution in [0.3, 0.4) is 0 Å². The zero-order valence-corrected chi connectivity index (χ0v) is 15.4. The topological polar surface area (TPSA) is 59.0 Å². The lowest BCUT2D eigenvalue weighted by Crippen LogP contribution is -2.69. The number of nitrogens with zero attached hydrogens (tertiary/aromatic N) is 1. The minimum atomic E-state index is -1.07. The van der Waals surface area contributed by atoms with E-state index < -0.39 is 11.6 Å². The predicted octanol–water partition coefficient (Wildman–Crippen LogP) is 2.91. The summed E-state index contributed by atoms with van der Waals surface area (Å²) in [5.41, 5.74) is -1.75. The number of hydroxylamine groups is 2. The molecule has 1 fully saturated rings. The summed E-state index contributed by atoms with van der Waals surface area (Å²) in [5, 5.41) is 12.5. The predicted molar refractivity (Wildman–Crippen MR) is 86.2 cm³/mol. The second-order valence-electron chi connectivity index (χ2n) is 7.51. The Morgan fingerprint density at radius 2 is 1.86 bits per heavy atom. The van der Waals surface area contributed by atoms with E-state index in [0.717, 1.165) is 12.8 Å². The van der Waals surface area contributed by atoms with Crippen LogP contribution in [0.15, 0.2) is 0 Å². The van der Waals surface area contributed by atoms with Crippen LogP contribution in [-0.2, 0) is 14.4 Å². The molecule has 1 heterocycles. The maximum absolute atomic E-state index is 12.0. The molecule has 0 aromatic heterocycles. The van der Waals surface area contributed by atoms with Crippen LogP contribution >= 0.6 is 0 Å². The average Bonchev–Trinajstić information content (AvgIpc) is 2.48. The molecule has 4 unspecified atom stereocenters. The highest BCUT2D eigenvalue weighted by atomic mass is 16.7. The molecule has 22 heavy (non-hydrogen) atoms. The molecule has 1 aliphatic rings. The number of carbonyl (C=O) groups is 1. The van der Waals surface area contributed by atoms with E-state index in [1.54, 1.807) is 13.8 Å². The normalized spacial score (nSPS) is 37.1. The molecule has 5 heteroatoms. The molecule has 4 atom stereocenters. The first-order valence-corrected chi connectivity index (χ1v) is 8.24. The summed E-state index contributed by atoms with van der Waals surface area (Å²) in [6, 6.07) is 0. The standard InChI is InChI=1S/C17H33NO4/c1-9-16(6)11-13(19)12(3)17(7,10-2)18(16)22-15(4,5)14(20)21-8/h12-13,19H,9-11H2,1-8H3. The number of rotatable bonds is 5. The highest BCUT2D eigenvalue weighted by molar-refractivity contribution is 5.78. The fourth-order valence-electron chi connectivity index (χ4n) is 3.41. The summed E-state index contributed by atoms with van der Waals surface area (Å²) in [6.45, 7) is 13.9. The van der Waals surface area contributed by atoms with E-state index >= 15 is 0 Å². The van der Waals surface area contributed by atoms with Gasteiger partial charge in [-0.15, -0.1) is 0 Å². The van der Waals surface area contributed by atoms with Gasteiger partial charge in [0.1, 0.15) is 0 Å². The molecule has 5 nitrogen and oxygen atoms in total. The molecular formula is C17H33NO4. The third kappa shape index (κ3) is 3.17. The Hall–Kier alpha value is -0.650. The first-order valence-electron chi connectivity index (χ1n) is 8.24. The SMILES string of the molecule is CCC1(C)CC(O)C(C)C(C)(CC)N1OC(C)(C)C(=O)OC. The fraction of sp³-hybridized carbons (Fsp3) is 0.941. The molecule has 0 saturated carbocycles. The summed E-state index contributed by atoms with van der Waals surface area (Å²) >= 11 is 0. The first-order chi connectivity index (χ1) is 9.98.